The standard InChI is InChI=1S/C10H20O2/c1-9(2,3)5-6-10(4,12)7-8-11/h8,12H,5-7H2,1-4H3. The van der Waals surface area contributed by atoms with Gasteiger partial charge in [0.1, 0.15) is 6.29 Å². The van der Waals surface area contributed by atoms with E-state index in [-0.39, 0.29) is 11.8 Å². The van der Waals surface area contributed by atoms with E-state index in [4.69, 9.17) is 0 Å². The van der Waals surface area contributed by atoms with E-state index >= 15 is 0 Å². The molecule has 0 aliphatic rings. The fourth-order valence-electron chi connectivity index (χ4n) is 0.926. The largest absolute Gasteiger partial charge is 0.390 e. The van der Waals surface area contributed by atoms with E-state index in [1.54, 1.807) is 6.92 Å². The highest BCUT2D eigenvalue weighted by molar-refractivity contribution is 5.51. The van der Waals surface area contributed by atoms with Crippen LogP contribution >= 0.6 is 0 Å². The van der Waals surface area contributed by atoms with Crippen LogP contribution in [0.1, 0.15) is 47.0 Å². The van der Waals surface area contributed by atoms with Crippen molar-refractivity contribution in [3.8, 4) is 0 Å². The predicted octanol–water partition coefficient (Wildman–Crippen LogP) is 2.15. The van der Waals surface area contributed by atoms with Crippen LogP contribution in [0.15, 0.2) is 0 Å². The minimum absolute atomic E-state index is 0.229. The van der Waals surface area contributed by atoms with E-state index in [1.807, 2.05) is 0 Å². The van der Waals surface area contributed by atoms with E-state index in [1.165, 1.54) is 0 Å². The van der Waals surface area contributed by atoms with Crippen molar-refractivity contribution in [3.05, 3.63) is 0 Å². The number of carbonyl (C=O) groups is 1. The molecule has 12 heavy (non-hydrogen) atoms. The summed E-state index contributed by atoms with van der Waals surface area (Å²) in [6, 6.07) is 0. The van der Waals surface area contributed by atoms with Gasteiger partial charge in [0.05, 0.1) is 5.60 Å². The van der Waals surface area contributed by atoms with E-state index < -0.39 is 5.60 Å². The molecule has 1 atom stereocenters. The third-order valence-electron chi connectivity index (χ3n) is 1.94. The molecule has 0 saturated carbocycles. The minimum Gasteiger partial charge on any atom is -0.390 e. The molecule has 0 rings (SSSR count). The maximum atomic E-state index is 10.2. The second-order valence-electron chi connectivity index (χ2n) is 4.93. The third kappa shape index (κ3) is 6.35. The van der Waals surface area contributed by atoms with Gasteiger partial charge in [-0.3, -0.25) is 0 Å². The van der Waals surface area contributed by atoms with Crippen LogP contribution in [0, 0.1) is 5.41 Å². The van der Waals surface area contributed by atoms with Crippen molar-refractivity contribution in [2.75, 3.05) is 0 Å². The number of aliphatic hydroxyl groups is 1. The second kappa shape index (κ2) is 4.04. The second-order valence-corrected chi connectivity index (χ2v) is 4.93. The van der Waals surface area contributed by atoms with Crippen molar-refractivity contribution < 1.29 is 9.90 Å². The Morgan fingerprint density at radius 2 is 1.67 bits per heavy atom. The van der Waals surface area contributed by atoms with Crippen LogP contribution in [0.25, 0.3) is 0 Å². The normalized spacial score (nSPS) is 17.1. The number of hydrogen-bond donors (Lipinski definition) is 1. The molecule has 1 N–H and O–H groups in total. The molecule has 1 unspecified atom stereocenters. The van der Waals surface area contributed by atoms with E-state index in [0.29, 0.717) is 6.42 Å². The Kier molecular flexibility index (Phi) is 3.91. The molecule has 0 aromatic heterocycles. The lowest BCUT2D eigenvalue weighted by Gasteiger charge is -2.26. The first kappa shape index (κ1) is 11.6. The minimum atomic E-state index is -0.810. The van der Waals surface area contributed by atoms with Crippen LogP contribution in [0.2, 0.25) is 0 Å². The molecule has 2 heteroatoms. The Balaban J connectivity index is 3.83. The maximum absolute atomic E-state index is 10.2. The van der Waals surface area contributed by atoms with Gasteiger partial charge in [-0.25, -0.2) is 0 Å². The summed E-state index contributed by atoms with van der Waals surface area (Å²) >= 11 is 0. The molecule has 0 aromatic carbocycles. The summed E-state index contributed by atoms with van der Waals surface area (Å²) in [5, 5.41) is 9.65. The lowest BCUT2D eigenvalue weighted by molar-refractivity contribution is -0.112. The van der Waals surface area contributed by atoms with Gasteiger partial charge in [-0.15, -0.1) is 0 Å². The third-order valence-corrected chi connectivity index (χ3v) is 1.94. The molecular formula is C10H20O2. The summed E-state index contributed by atoms with van der Waals surface area (Å²) in [6.07, 6.45) is 2.65. The van der Waals surface area contributed by atoms with Gasteiger partial charge in [-0.05, 0) is 25.2 Å². The summed E-state index contributed by atoms with van der Waals surface area (Å²) in [6.45, 7) is 8.10. The quantitative estimate of drug-likeness (QED) is 0.660. The van der Waals surface area contributed by atoms with Crippen LogP contribution < -0.4 is 0 Å². The molecule has 0 aliphatic carbocycles. The average molecular weight is 172 g/mol. The molecule has 0 heterocycles. The molecule has 0 fully saturated rings. The number of carbonyl (C=O) groups excluding carboxylic acids is 1. The Hall–Kier alpha value is -0.370. The number of rotatable bonds is 4. The van der Waals surface area contributed by atoms with Crippen molar-refractivity contribution >= 4 is 6.29 Å². The van der Waals surface area contributed by atoms with Crippen LogP contribution in [0.4, 0.5) is 0 Å². The van der Waals surface area contributed by atoms with Gasteiger partial charge < -0.3 is 9.90 Å². The lowest BCUT2D eigenvalue weighted by Crippen LogP contribution is -2.26. The van der Waals surface area contributed by atoms with E-state index in [0.717, 1.165) is 12.7 Å². The van der Waals surface area contributed by atoms with Crippen LogP contribution in [-0.4, -0.2) is 17.0 Å². The van der Waals surface area contributed by atoms with Gasteiger partial charge in [-0.2, -0.15) is 0 Å². The van der Waals surface area contributed by atoms with Crippen LogP contribution in [0.3, 0.4) is 0 Å². The highest BCUT2D eigenvalue weighted by Crippen LogP contribution is 2.26. The first-order chi connectivity index (χ1) is 5.27. The Morgan fingerprint density at radius 1 is 1.17 bits per heavy atom. The Bertz CT molecular complexity index is 142. The molecule has 0 amide bonds. The molecule has 0 spiro atoms. The SMILES string of the molecule is CC(C)(C)CCC(C)(O)CC=O. The Labute approximate surface area is 75.0 Å². The fraction of sp³-hybridized carbons (Fsp3) is 0.900. The summed E-state index contributed by atoms with van der Waals surface area (Å²) in [5.41, 5.74) is -0.581. The zero-order valence-corrected chi connectivity index (χ0v) is 8.55. The Morgan fingerprint density at radius 3 is 2.00 bits per heavy atom. The van der Waals surface area contributed by atoms with Crippen molar-refractivity contribution in [2.24, 2.45) is 5.41 Å². The van der Waals surface area contributed by atoms with Gasteiger partial charge in [0.2, 0.25) is 0 Å². The van der Waals surface area contributed by atoms with E-state index in [2.05, 4.69) is 20.8 Å². The number of aldehydes is 1. The maximum Gasteiger partial charge on any atom is 0.122 e. The van der Waals surface area contributed by atoms with Gasteiger partial charge >= 0.3 is 0 Å². The zero-order valence-electron chi connectivity index (χ0n) is 8.55. The lowest BCUT2D eigenvalue weighted by atomic mass is 9.84. The molecule has 0 aliphatic heterocycles. The van der Waals surface area contributed by atoms with Crippen LogP contribution in [-0.2, 0) is 4.79 Å². The van der Waals surface area contributed by atoms with Gasteiger partial charge in [-0.1, -0.05) is 20.8 Å². The summed E-state index contributed by atoms with van der Waals surface area (Å²) < 4.78 is 0. The molecule has 0 radical (unpaired) electrons. The fourth-order valence-corrected chi connectivity index (χ4v) is 0.926. The van der Waals surface area contributed by atoms with Crippen molar-refractivity contribution in [1.29, 1.82) is 0 Å². The van der Waals surface area contributed by atoms with Gasteiger partial charge in [0.15, 0.2) is 0 Å². The van der Waals surface area contributed by atoms with Crippen molar-refractivity contribution in [2.45, 2.75) is 52.6 Å². The topological polar surface area (TPSA) is 37.3 Å². The molecule has 0 aromatic rings. The summed E-state index contributed by atoms with van der Waals surface area (Å²) in [7, 11) is 0. The predicted molar refractivity (Wildman–Crippen MR) is 50.0 cm³/mol. The highest BCUT2D eigenvalue weighted by Gasteiger charge is 2.22. The van der Waals surface area contributed by atoms with Crippen LogP contribution in [0.5, 0.6) is 0 Å². The first-order valence-corrected chi connectivity index (χ1v) is 4.43. The average Bonchev–Trinajstić information content (AvgIpc) is 1.83. The van der Waals surface area contributed by atoms with Gasteiger partial charge in [0.25, 0.3) is 0 Å². The summed E-state index contributed by atoms with van der Waals surface area (Å²) in [4.78, 5) is 10.2. The molecule has 0 bridgehead atoms. The zero-order chi connectivity index (χ0) is 9.83. The van der Waals surface area contributed by atoms with E-state index in [9.17, 15) is 9.90 Å². The first-order valence-electron chi connectivity index (χ1n) is 4.43. The summed E-state index contributed by atoms with van der Waals surface area (Å²) in [5.74, 6) is 0. The molecular weight excluding hydrogens is 152 g/mol. The molecule has 72 valence electrons. The van der Waals surface area contributed by atoms with Crippen molar-refractivity contribution in [3.63, 3.8) is 0 Å². The van der Waals surface area contributed by atoms with Gasteiger partial charge in [0, 0.05) is 6.42 Å². The number of hydrogen-bond acceptors (Lipinski definition) is 2. The smallest absolute Gasteiger partial charge is 0.122 e. The molecule has 0 saturated heterocycles. The monoisotopic (exact) mass is 172 g/mol. The van der Waals surface area contributed by atoms with Crippen molar-refractivity contribution in [1.82, 2.24) is 0 Å². The molecule has 2 nitrogen and oxygen atoms in total. The highest BCUT2D eigenvalue weighted by atomic mass is 16.3.